The molecule has 0 aromatic heterocycles. The maximum Gasteiger partial charge on any atom is 0.187 e. The minimum absolute atomic E-state index is 0.113. The minimum Gasteiger partial charge on any atom is -0.390 e. The second-order valence-electron chi connectivity index (χ2n) is 18.8. The SMILES string of the molecule is CCC1CC(OCC2OC(OC)C(O)C(O)C2OC2OC(CC)C(OC3OC(CC)C(OC4OC(CC)C(OC5OC(CC)C(OC)C(O)C5O)C(O)C4O)C(O)C3O)C(O)C2O)C(O)C(O)C1O. The topological polar surface area (TPSA) is 374 Å². The fourth-order valence-electron chi connectivity index (χ4n) is 10.3. The number of rotatable bonds is 18. The molecule has 404 valence electrons. The molecule has 5 heterocycles. The van der Waals surface area contributed by atoms with Crippen LogP contribution in [-0.4, -0.2) is 265 Å². The molecule has 0 amide bonds. The zero-order chi connectivity index (χ0) is 50.8. The molecule has 1 saturated carbocycles. The van der Waals surface area contributed by atoms with Crippen molar-refractivity contribution in [2.45, 2.75) is 251 Å². The molecule has 6 aliphatic rings. The van der Waals surface area contributed by atoms with Crippen LogP contribution in [0.5, 0.6) is 0 Å². The molecule has 25 heteroatoms. The maximum atomic E-state index is 11.5. The van der Waals surface area contributed by atoms with Crippen LogP contribution in [-0.2, 0) is 56.8 Å². The Morgan fingerprint density at radius 2 is 0.652 bits per heavy atom. The lowest BCUT2D eigenvalue weighted by atomic mass is 9.79. The number of ether oxygens (including phenoxy) is 12. The summed E-state index contributed by atoms with van der Waals surface area (Å²) < 4.78 is 70.5. The van der Waals surface area contributed by atoms with Crippen LogP contribution >= 0.6 is 0 Å². The van der Waals surface area contributed by atoms with Crippen molar-refractivity contribution in [2.75, 3.05) is 20.8 Å². The van der Waals surface area contributed by atoms with Gasteiger partial charge in [-0.2, -0.15) is 0 Å². The Morgan fingerprint density at radius 3 is 0.986 bits per heavy atom. The molecule has 30 unspecified atom stereocenters. The molecule has 13 N–H and O–H groups in total. The monoisotopic (exact) mass is 1010 g/mol. The van der Waals surface area contributed by atoms with E-state index in [1.807, 2.05) is 6.92 Å². The fraction of sp³-hybridized carbons (Fsp3) is 1.00. The van der Waals surface area contributed by atoms with Gasteiger partial charge in [0.2, 0.25) is 0 Å². The van der Waals surface area contributed by atoms with E-state index in [1.165, 1.54) is 14.2 Å². The van der Waals surface area contributed by atoms with Crippen molar-refractivity contribution in [1.82, 2.24) is 0 Å². The molecule has 6 rings (SSSR count). The van der Waals surface area contributed by atoms with E-state index in [0.29, 0.717) is 12.8 Å². The van der Waals surface area contributed by atoms with Crippen LogP contribution in [0.3, 0.4) is 0 Å². The number of aliphatic hydroxyl groups excluding tert-OH is 13. The predicted octanol–water partition coefficient (Wildman–Crippen LogP) is -5.04. The predicted molar refractivity (Wildman–Crippen MR) is 228 cm³/mol. The second kappa shape index (κ2) is 25.0. The lowest BCUT2D eigenvalue weighted by Gasteiger charge is -2.50. The molecule has 5 aliphatic heterocycles. The highest BCUT2D eigenvalue weighted by molar-refractivity contribution is 5.00. The Labute approximate surface area is 400 Å². The van der Waals surface area contributed by atoms with Gasteiger partial charge in [0.1, 0.15) is 110 Å². The van der Waals surface area contributed by atoms with Gasteiger partial charge in [-0.15, -0.1) is 0 Å². The van der Waals surface area contributed by atoms with Crippen molar-refractivity contribution >= 4 is 0 Å². The highest BCUT2D eigenvalue weighted by Gasteiger charge is 2.56. The molecular weight excluding hydrogens is 928 g/mol. The fourth-order valence-corrected chi connectivity index (χ4v) is 10.3. The van der Waals surface area contributed by atoms with Crippen LogP contribution in [0, 0.1) is 5.92 Å². The van der Waals surface area contributed by atoms with E-state index in [0.717, 1.165) is 0 Å². The molecule has 30 atom stereocenters. The summed E-state index contributed by atoms with van der Waals surface area (Å²) in [6.45, 7) is 8.25. The van der Waals surface area contributed by atoms with E-state index >= 15 is 0 Å². The Hall–Kier alpha value is -1.00. The number of methoxy groups -OCH3 is 2. The van der Waals surface area contributed by atoms with Gasteiger partial charge in [-0.25, -0.2) is 0 Å². The van der Waals surface area contributed by atoms with Gasteiger partial charge in [0, 0.05) is 14.2 Å². The first kappa shape index (κ1) is 57.3. The van der Waals surface area contributed by atoms with Gasteiger partial charge in [0.05, 0.1) is 43.2 Å². The summed E-state index contributed by atoms with van der Waals surface area (Å²) in [6, 6.07) is 0. The Morgan fingerprint density at radius 1 is 0.333 bits per heavy atom. The van der Waals surface area contributed by atoms with Crippen LogP contribution in [0.2, 0.25) is 0 Å². The van der Waals surface area contributed by atoms with E-state index in [2.05, 4.69) is 0 Å². The summed E-state index contributed by atoms with van der Waals surface area (Å²) in [5, 5.41) is 144. The van der Waals surface area contributed by atoms with Crippen molar-refractivity contribution in [3.63, 3.8) is 0 Å². The van der Waals surface area contributed by atoms with E-state index in [-0.39, 0.29) is 25.7 Å². The van der Waals surface area contributed by atoms with Crippen molar-refractivity contribution < 1.29 is 123 Å². The van der Waals surface area contributed by atoms with E-state index < -0.39 is 190 Å². The van der Waals surface area contributed by atoms with Gasteiger partial charge >= 0.3 is 0 Å². The van der Waals surface area contributed by atoms with Crippen LogP contribution in [0.4, 0.5) is 0 Å². The summed E-state index contributed by atoms with van der Waals surface area (Å²) >= 11 is 0. The summed E-state index contributed by atoms with van der Waals surface area (Å²) in [5.74, 6) is -0.395. The van der Waals surface area contributed by atoms with Crippen molar-refractivity contribution in [3.8, 4) is 0 Å². The summed E-state index contributed by atoms with van der Waals surface area (Å²) in [7, 11) is 2.60. The van der Waals surface area contributed by atoms with Crippen LogP contribution < -0.4 is 0 Å². The molecule has 0 radical (unpaired) electrons. The average molecular weight is 1010 g/mol. The Balaban J connectivity index is 1.09. The molecule has 1 aliphatic carbocycles. The normalized spacial score (nSPS) is 52.2. The van der Waals surface area contributed by atoms with E-state index in [4.69, 9.17) is 56.8 Å². The largest absolute Gasteiger partial charge is 0.390 e. The third-order valence-corrected chi connectivity index (χ3v) is 14.6. The lowest BCUT2D eigenvalue weighted by molar-refractivity contribution is -0.390. The maximum absolute atomic E-state index is 11.5. The highest BCUT2D eigenvalue weighted by atomic mass is 16.8. The average Bonchev–Trinajstić information content (AvgIpc) is 3.34. The minimum atomic E-state index is -1.90. The van der Waals surface area contributed by atoms with Crippen LogP contribution in [0.25, 0.3) is 0 Å². The Kier molecular flexibility index (Phi) is 20.8. The Bertz CT molecular complexity index is 1530. The number of hydrogen-bond acceptors (Lipinski definition) is 25. The molecule has 0 aromatic carbocycles. The first-order chi connectivity index (χ1) is 32.8. The van der Waals surface area contributed by atoms with Crippen molar-refractivity contribution in [3.05, 3.63) is 0 Å². The van der Waals surface area contributed by atoms with Crippen LogP contribution in [0.1, 0.15) is 73.1 Å². The van der Waals surface area contributed by atoms with Gasteiger partial charge in [-0.05, 0) is 38.0 Å². The smallest absolute Gasteiger partial charge is 0.187 e. The van der Waals surface area contributed by atoms with Gasteiger partial charge < -0.3 is 123 Å². The molecule has 0 spiro atoms. The molecule has 25 nitrogen and oxygen atoms in total. The molecule has 6 fully saturated rings. The molecular formula is C44H78O25. The summed E-state index contributed by atoms with van der Waals surface area (Å²) in [4.78, 5) is 0. The van der Waals surface area contributed by atoms with E-state index in [9.17, 15) is 66.4 Å². The zero-order valence-electron chi connectivity index (χ0n) is 40.0. The van der Waals surface area contributed by atoms with Crippen molar-refractivity contribution in [2.24, 2.45) is 5.92 Å². The second-order valence-corrected chi connectivity index (χ2v) is 18.8. The lowest BCUT2D eigenvalue weighted by Crippen LogP contribution is -2.67. The number of hydrogen-bond donors (Lipinski definition) is 13. The highest BCUT2D eigenvalue weighted by Crippen LogP contribution is 2.38. The third kappa shape index (κ3) is 11.9. The first-order valence-corrected chi connectivity index (χ1v) is 24.2. The molecule has 69 heavy (non-hydrogen) atoms. The summed E-state index contributed by atoms with van der Waals surface area (Å²) in [5.41, 5.74) is 0. The third-order valence-electron chi connectivity index (χ3n) is 14.6. The first-order valence-electron chi connectivity index (χ1n) is 24.2. The van der Waals surface area contributed by atoms with Gasteiger partial charge in [0.15, 0.2) is 31.5 Å². The number of aliphatic hydroxyl groups is 13. The molecule has 0 bridgehead atoms. The summed E-state index contributed by atoms with van der Waals surface area (Å²) in [6.07, 6.45) is -40.1. The van der Waals surface area contributed by atoms with Gasteiger partial charge in [-0.1, -0.05) is 41.0 Å². The van der Waals surface area contributed by atoms with E-state index in [1.54, 1.807) is 27.7 Å². The van der Waals surface area contributed by atoms with Gasteiger partial charge in [-0.3, -0.25) is 0 Å². The molecule has 5 saturated heterocycles. The van der Waals surface area contributed by atoms with Gasteiger partial charge in [0.25, 0.3) is 0 Å². The zero-order valence-corrected chi connectivity index (χ0v) is 40.0. The molecule has 0 aromatic rings. The van der Waals surface area contributed by atoms with Crippen molar-refractivity contribution in [1.29, 1.82) is 0 Å². The quantitative estimate of drug-likeness (QED) is 0.0611. The van der Waals surface area contributed by atoms with Crippen LogP contribution in [0.15, 0.2) is 0 Å². The standard InChI is InChI=1S/C44H78O25/c1-8-15-13-20(23(46)24(47)22(15)45)60-14-21-39(26(49)30(53)40(59-7)65-21)69-44-34(57)29(52)38(19(12-5)64-44)68-43-33(56)28(51)37(18(11-4)63-43)67-42-32(55)27(50)36(17(10-3)62-42)66-41-31(54)25(48)35(58-6)16(9-2)61-41/h15-57H,8-14H2,1-7H3.